The number of esters is 1. The Hall–Kier alpha value is -2.38. The molecule has 0 aliphatic heterocycles. The van der Waals surface area contributed by atoms with Crippen molar-refractivity contribution >= 4 is 13.6 Å². The van der Waals surface area contributed by atoms with Gasteiger partial charge in [-0.2, -0.15) is 0 Å². The van der Waals surface area contributed by atoms with Crippen molar-refractivity contribution in [3.63, 3.8) is 0 Å². The Morgan fingerprint density at radius 3 is 1.56 bits per heavy atom. The van der Waals surface area contributed by atoms with Gasteiger partial charge in [-0.25, -0.2) is 0 Å². The molecule has 0 radical (unpaired) electrons. The molecular formula is C25H36NO7P. The van der Waals surface area contributed by atoms with Crippen LogP contribution in [0.2, 0.25) is 0 Å². The van der Waals surface area contributed by atoms with Crippen molar-refractivity contribution in [2.24, 2.45) is 0 Å². The second-order valence-electron chi connectivity index (χ2n) is 9.87. The molecule has 0 bridgehead atoms. The molecule has 1 N–H and O–H groups in total. The first kappa shape index (κ1) is 27.9. The molecule has 0 saturated heterocycles. The van der Waals surface area contributed by atoms with Crippen LogP contribution >= 0.6 is 7.60 Å². The molecule has 0 saturated carbocycles. The zero-order valence-corrected chi connectivity index (χ0v) is 21.9. The molecule has 0 unspecified atom stereocenters. The zero-order valence-electron chi connectivity index (χ0n) is 21.0. The quantitative estimate of drug-likeness (QED) is 0.179. The maximum absolute atomic E-state index is 13.2. The lowest BCUT2D eigenvalue weighted by molar-refractivity contribution is -0.171. The maximum atomic E-state index is 13.2. The van der Waals surface area contributed by atoms with Crippen molar-refractivity contribution in [2.75, 3.05) is 19.4 Å². The van der Waals surface area contributed by atoms with Crippen LogP contribution in [-0.2, 0) is 34.3 Å². The van der Waals surface area contributed by atoms with E-state index in [1.807, 2.05) is 24.3 Å². The van der Waals surface area contributed by atoms with Crippen molar-refractivity contribution in [1.82, 2.24) is 5.32 Å². The number of carbonyl (C=O) groups is 1. The first-order valence-corrected chi connectivity index (χ1v) is 12.9. The molecular weight excluding hydrogens is 457 g/mol. The summed E-state index contributed by atoms with van der Waals surface area (Å²) in [6.07, 6.45) is -0.341. The fraction of sp³-hybridized carbons (Fsp3) is 0.480. The minimum Gasteiger partial charge on any atom is -0.465 e. The molecule has 0 spiro atoms. The van der Waals surface area contributed by atoms with Gasteiger partial charge in [-0.1, -0.05) is 75.2 Å². The van der Waals surface area contributed by atoms with E-state index in [-0.39, 0.29) is 30.3 Å². The number of rotatable bonds is 11. The minimum absolute atomic E-state index is 0.0226. The van der Waals surface area contributed by atoms with Gasteiger partial charge in [0.15, 0.2) is 11.5 Å². The summed E-state index contributed by atoms with van der Waals surface area (Å²) in [6, 6.07) is 14.4. The second kappa shape index (κ2) is 11.8. The number of benzene rings is 2. The Balaban J connectivity index is 2.06. The monoisotopic (exact) mass is 493 g/mol. The number of hydrogen-bond donors (Lipinski definition) is 1. The fourth-order valence-electron chi connectivity index (χ4n) is 2.79. The number of carbonyl (C=O) groups excluding carboxylic acids is 1. The molecule has 188 valence electrons. The molecule has 0 atom stereocenters. The van der Waals surface area contributed by atoms with Gasteiger partial charge in [-0.3, -0.25) is 14.7 Å². The average molecular weight is 494 g/mol. The average Bonchev–Trinajstić information content (AvgIpc) is 2.76. The molecule has 2 rings (SSSR count). The van der Waals surface area contributed by atoms with Crippen LogP contribution in [0.15, 0.2) is 48.5 Å². The fourth-order valence-corrected chi connectivity index (χ4v) is 3.71. The van der Waals surface area contributed by atoms with E-state index in [0.717, 1.165) is 11.1 Å². The van der Waals surface area contributed by atoms with Gasteiger partial charge >= 0.3 is 13.6 Å². The summed E-state index contributed by atoms with van der Waals surface area (Å²) >= 11 is 0. The van der Waals surface area contributed by atoms with Crippen molar-refractivity contribution < 1.29 is 33.2 Å². The first-order valence-electron chi connectivity index (χ1n) is 11.2. The predicted molar refractivity (Wildman–Crippen MR) is 131 cm³/mol. The van der Waals surface area contributed by atoms with Gasteiger partial charge in [0.2, 0.25) is 0 Å². The Bertz CT molecular complexity index is 895. The summed E-state index contributed by atoms with van der Waals surface area (Å²) < 4.78 is 28.5. The Kier molecular flexibility index (Phi) is 9.71. The van der Waals surface area contributed by atoms with E-state index in [4.69, 9.17) is 23.9 Å². The highest BCUT2D eigenvalue weighted by molar-refractivity contribution is 7.53. The van der Waals surface area contributed by atoms with Crippen LogP contribution in [0.3, 0.4) is 0 Å². The second-order valence-corrected chi connectivity index (χ2v) is 11.7. The van der Waals surface area contributed by atoms with E-state index in [9.17, 15) is 9.36 Å². The van der Waals surface area contributed by atoms with E-state index in [1.54, 1.807) is 31.2 Å². The van der Waals surface area contributed by atoms with Crippen LogP contribution in [0.1, 0.15) is 59.6 Å². The molecule has 0 aromatic heterocycles. The minimum atomic E-state index is -3.98. The maximum Gasteiger partial charge on any atom is 0.418 e. The third-order valence-corrected chi connectivity index (χ3v) is 6.03. The van der Waals surface area contributed by atoms with Gasteiger partial charge in [0.25, 0.3) is 0 Å². The molecule has 0 fully saturated rings. The van der Waals surface area contributed by atoms with E-state index in [1.165, 1.54) is 0 Å². The number of hydrogen-bond acceptors (Lipinski definition) is 8. The lowest BCUT2D eigenvalue weighted by Crippen LogP contribution is -2.27. The van der Waals surface area contributed by atoms with E-state index >= 15 is 0 Å². The molecule has 0 aliphatic rings. The van der Waals surface area contributed by atoms with Gasteiger partial charge in [-0.05, 0) is 53.1 Å². The van der Waals surface area contributed by atoms with Gasteiger partial charge in [-0.15, -0.1) is 0 Å². The first-order chi connectivity index (χ1) is 15.8. The molecule has 0 aliphatic carbocycles. The molecule has 0 amide bonds. The highest BCUT2D eigenvalue weighted by Gasteiger charge is 2.30. The molecule has 9 heteroatoms. The SMILES string of the molecule is CCOC(=O)CNCP(=O)(OOc1ccc(C(C)(C)C)cc1)OOc1ccc(C(C)(C)C)cc1. The summed E-state index contributed by atoms with van der Waals surface area (Å²) in [5, 5.41) is 2.69. The van der Waals surface area contributed by atoms with Crippen LogP contribution < -0.4 is 15.1 Å². The topological polar surface area (TPSA) is 92.3 Å². The molecule has 2 aromatic carbocycles. The van der Waals surface area contributed by atoms with E-state index < -0.39 is 13.6 Å². The normalized spacial score (nSPS) is 12.3. The van der Waals surface area contributed by atoms with Crippen molar-refractivity contribution in [3.05, 3.63) is 59.7 Å². The zero-order chi connectivity index (χ0) is 25.4. The third kappa shape index (κ3) is 9.11. The van der Waals surface area contributed by atoms with Crippen molar-refractivity contribution in [2.45, 2.75) is 59.3 Å². The molecule has 8 nitrogen and oxygen atoms in total. The van der Waals surface area contributed by atoms with Gasteiger partial charge < -0.3 is 14.5 Å². The van der Waals surface area contributed by atoms with Crippen LogP contribution in [0.5, 0.6) is 11.5 Å². The van der Waals surface area contributed by atoms with Crippen LogP contribution in [0.4, 0.5) is 0 Å². The standard InChI is InChI=1S/C25H36NO7P/c1-8-29-23(27)17-26-18-34(28,32-30-21-13-9-19(10-14-21)24(2,3)4)33-31-22-15-11-20(12-16-22)25(5,6)7/h9-16,26H,8,17-18H2,1-7H3. The van der Waals surface area contributed by atoms with Crippen molar-refractivity contribution in [1.29, 1.82) is 0 Å². The summed E-state index contributed by atoms with van der Waals surface area (Å²) in [6.45, 7) is 14.4. The highest BCUT2D eigenvalue weighted by atomic mass is 31.2. The number of ether oxygens (including phenoxy) is 1. The van der Waals surface area contributed by atoms with Gasteiger partial charge in [0.05, 0.1) is 13.2 Å². The van der Waals surface area contributed by atoms with E-state index in [0.29, 0.717) is 11.5 Å². The lowest BCUT2D eigenvalue weighted by atomic mass is 9.87. The molecule has 0 heterocycles. The largest absolute Gasteiger partial charge is 0.465 e. The van der Waals surface area contributed by atoms with Crippen molar-refractivity contribution in [3.8, 4) is 11.5 Å². The lowest BCUT2D eigenvalue weighted by Gasteiger charge is -2.20. The summed E-state index contributed by atoms with van der Waals surface area (Å²) in [7, 11) is -3.98. The highest BCUT2D eigenvalue weighted by Crippen LogP contribution is 2.47. The van der Waals surface area contributed by atoms with Crippen LogP contribution in [0.25, 0.3) is 0 Å². The van der Waals surface area contributed by atoms with Gasteiger partial charge in [0, 0.05) is 0 Å². The predicted octanol–water partition coefficient (Wildman–Crippen LogP) is 5.91. The Morgan fingerprint density at radius 1 is 0.794 bits per heavy atom. The van der Waals surface area contributed by atoms with E-state index in [2.05, 4.69) is 46.9 Å². The summed E-state index contributed by atoms with van der Waals surface area (Å²) in [5.41, 5.74) is 2.17. The van der Waals surface area contributed by atoms with Crippen LogP contribution in [0, 0.1) is 0 Å². The summed E-state index contributed by atoms with van der Waals surface area (Å²) in [4.78, 5) is 22.1. The molecule has 2 aromatic rings. The Labute approximate surface area is 202 Å². The third-order valence-electron chi connectivity index (χ3n) is 4.81. The number of nitrogens with one attached hydrogen (secondary N) is 1. The molecule has 34 heavy (non-hydrogen) atoms. The Morgan fingerprint density at radius 2 is 1.21 bits per heavy atom. The van der Waals surface area contributed by atoms with Crippen LogP contribution in [-0.4, -0.2) is 25.4 Å². The van der Waals surface area contributed by atoms with Gasteiger partial charge in [0.1, 0.15) is 6.29 Å². The smallest absolute Gasteiger partial charge is 0.418 e. The summed E-state index contributed by atoms with van der Waals surface area (Å²) in [5.74, 6) is 0.194.